The van der Waals surface area contributed by atoms with Crippen molar-refractivity contribution in [3.8, 4) is 0 Å². The van der Waals surface area contributed by atoms with Crippen molar-refractivity contribution in [2.24, 2.45) is 5.41 Å². The van der Waals surface area contributed by atoms with Gasteiger partial charge in [-0.3, -0.25) is 4.79 Å². The Labute approximate surface area is 108 Å². The maximum absolute atomic E-state index is 12.1. The van der Waals surface area contributed by atoms with Crippen molar-refractivity contribution in [2.75, 3.05) is 6.54 Å². The lowest BCUT2D eigenvalue weighted by Crippen LogP contribution is -2.40. The van der Waals surface area contributed by atoms with Crippen LogP contribution in [0, 0.1) is 12.3 Å². The molecule has 92 valence electrons. The van der Waals surface area contributed by atoms with Crippen LogP contribution in [0.3, 0.4) is 0 Å². The number of thiol groups is 1. The SMILES string of the molecule is Cc1ccc(S)cc1C(=O)NCC1(C)CCC1. The summed E-state index contributed by atoms with van der Waals surface area (Å²) in [4.78, 5) is 12.9. The van der Waals surface area contributed by atoms with Crippen LogP contribution in [0.1, 0.15) is 42.1 Å². The van der Waals surface area contributed by atoms with E-state index in [9.17, 15) is 4.79 Å². The molecule has 1 fully saturated rings. The quantitative estimate of drug-likeness (QED) is 0.791. The van der Waals surface area contributed by atoms with Crippen LogP contribution in [-0.2, 0) is 0 Å². The molecule has 0 radical (unpaired) electrons. The number of carbonyl (C=O) groups excluding carboxylic acids is 1. The fourth-order valence-corrected chi connectivity index (χ4v) is 2.40. The van der Waals surface area contributed by atoms with Gasteiger partial charge in [0.25, 0.3) is 5.91 Å². The predicted octanol–water partition coefficient (Wildman–Crippen LogP) is 3.20. The molecule has 1 N–H and O–H groups in total. The monoisotopic (exact) mass is 249 g/mol. The number of hydrogen-bond donors (Lipinski definition) is 2. The maximum atomic E-state index is 12.1. The minimum Gasteiger partial charge on any atom is -0.351 e. The van der Waals surface area contributed by atoms with Crippen LogP contribution in [0.2, 0.25) is 0 Å². The zero-order chi connectivity index (χ0) is 12.5. The fraction of sp³-hybridized carbons (Fsp3) is 0.500. The molecule has 1 aliphatic rings. The van der Waals surface area contributed by atoms with E-state index in [2.05, 4.69) is 24.9 Å². The summed E-state index contributed by atoms with van der Waals surface area (Å²) in [6.45, 7) is 4.97. The molecule has 0 atom stereocenters. The molecule has 3 heteroatoms. The van der Waals surface area contributed by atoms with E-state index in [1.54, 1.807) is 0 Å². The molecule has 1 amide bonds. The van der Waals surface area contributed by atoms with Gasteiger partial charge in [0, 0.05) is 17.0 Å². The van der Waals surface area contributed by atoms with Crippen molar-refractivity contribution in [3.05, 3.63) is 29.3 Å². The molecule has 0 aromatic heterocycles. The number of aryl methyl sites for hydroxylation is 1. The van der Waals surface area contributed by atoms with E-state index in [4.69, 9.17) is 0 Å². The van der Waals surface area contributed by atoms with Crippen LogP contribution in [-0.4, -0.2) is 12.5 Å². The van der Waals surface area contributed by atoms with E-state index >= 15 is 0 Å². The van der Waals surface area contributed by atoms with Gasteiger partial charge in [-0.15, -0.1) is 12.6 Å². The largest absolute Gasteiger partial charge is 0.351 e. The van der Waals surface area contributed by atoms with Gasteiger partial charge in [-0.1, -0.05) is 19.4 Å². The highest BCUT2D eigenvalue weighted by Crippen LogP contribution is 2.39. The Hall–Kier alpha value is -0.960. The van der Waals surface area contributed by atoms with Gasteiger partial charge in [0.05, 0.1) is 0 Å². The fourth-order valence-electron chi connectivity index (χ4n) is 2.20. The topological polar surface area (TPSA) is 29.1 Å². The highest BCUT2D eigenvalue weighted by Gasteiger charge is 2.31. The summed E-state index contributed by atoms with van der Waals surface area (Å²) < 4.78 is 0. The molecular formula is C14H19NOS. The summed E-state index contributed by atoms with van der Waals surface area (Å²) in [5.41, 5.74) is 2.06. The van der Waals surface area contributed by atoms with Gasteiger partial charge in [0.15, 0.2) is 0 Å². The first-order valence-corrected chi connectivity index (χ1v) is 6.53. The molecule has 0 spiro atoms. The van der Waals surface area contributed by atoms with Crippen molar-refractivity contribution in [3.63, 3.8) is 0 Å². The second-order valence-corrected chi connectivity index (χ2v) is 5.86. The van der Waals surface area contributed by atoms with Gasteiger partial charge in [-0.2, -0.15) is 0 Å². The minimum absolute atomic E-state index is 0.0199. The van der Waals surface area contributed by atoms with Gasteiger partial charge in [0.1, 0.15) is 0 Å². The Kier molecular flexibility index (Phi) is 3.48. The third kappa shape index (κ3) is 2.83. The average molecular weight is 249 g/mol. The standard InChI is InChI=1S/C14H19NOS/c1-10-4-5-11(17)8-12(10)13(16)15-9-14(2)6-3-7-14/h4-5,8,17H,3,6-7,9H2,1-2H3,(H,15,16). The minimum atomic E-state index is 0.0199. The average Bonchev–Trinajstić information content (AvgIpc) is 2.26. The zero-order valence-electron chi connectivity index (χ0n) is 10.4. The molecule has 1 aromatic rings. The normalized spacial score (nSPS) is 17.4. The van der Waals surface area contributed by atoms with E-state index in [0.717, 1.165) is 22.6 Å². The number of hydrogen-bond acceptors (Lipinski definition) is 2. The Morgan fingerprint density at radius 1 is 1.47 bits per heavy atom. The molecule has 0 unspecified atom stereocenters. The Morgan fingerprint density at radius 2 is 2.18 bits per heavy atom. The molecule has 1 aliphatic carbocycles. The van der Waals surface area contributed by atoms with Gasteiger partial charge in [0.2, 0.25) is 0 Å². The van der Waals surface area contributed by atoms with Crippen LogP contribution in [0.5, 0.6) is 0 Å². The molecule has 0 aliphatic heterocycles. The molecule has 0 saturated heterocycles. The lowest BCUT2D eigenvalue weighted by Gasteiger charge is -2.38. The number of amides is 1. The van der Waals surface area contributed by atoms with Crippen molar-refractivity contribution in [2.45, 2.75) is 38.0 Å². The van der Waals surface area contributed by atoms with Crippen molar-refractivity contribution >= 4 is 18.5 Å². The van der Waals surface area contributed by atoms with E-state index in [-0.39, 0.29) is 5.91 Å². The van der Waals surface area contributed by atoms with Crippen LogP contribution in [0.15, 0.2) is 23.1 Å². The Bertz CT molecular complexity index is 438. The third-order valence-corrected chi connectivity index (χ3v) is 3.98. The number of nitrogens with one attached hydrogen (secondary N) is 1. The number of rotatable bonds is 3. The lowest BCUT2D eigenvalue weighted by atomic mass is 9.70. The van der Waals surface area contributed by atoms with Gasteiger partial charge >= 0.3 is 0 Å². The number of carbonyl (C=O) groups is 1. The van der Waals surface area contributed by atoms with Gasteiger partial charge < -0.3 is 5.32 Å². The smallest absolute Gasteiger partial charge is 0.251 e. The molecule has 1 saturated carbocycles. The van der Waals surface area contributed by atoms with Crippen LogP contribution >= 0.6 is 12.6 Å². The summed E-state index contributed by atoms with van der Waals surface area (Å²) in [7, 11) is 0. The van der Waals surface area contributed by atoms with Gasteiger partial charge in [-0.25, -0.2) is 0 Å². The Morgan fingerprint density at radius 3 is 2.76 bits per heavy atom. The molecule has 2 nitrogen and oxygen atoms in total. The zero-order valence-corrected chi connectivity index (χ0v) is 11.3. The van der Waals surface area contributed by atoms with Crippen molar-refractivity contribution in [1.82, 2.24) is 5.32 Å². The van der Waals surface area contributed by atoms with Crippen molar-refractivity contribution < 1.29 is 4.79 Å². The van der Waals surface area contributed by atoms with Crippen LogP contribution in [0.4, 0.5) is 0 Å². The maximum Gasteiger partial charge on any atom is 0.251 e. The first-order valence-electron chi connectivity index (χ1n) is 6.08. The van der Waals surface area contributed by atoms with E-state index in [1.165, 1.54) is 19.3 Å². The molecule has 0 bridgehead atoms. The second kappa shape index (κ2) is 4.73. The molecule has 2 rings (SSSR count). The molecule has 17 heavy (non-hydrogen) atoms. The predicted molar refractivity (Wildman–Crippen MR) is 72.7 cm³/mol. The highest BCUT2D eigenvalue weighted by molar-refractivity contribution is 7.80. The lowest BCUT2D eigenvalue weighted by molar-refractivity contribution is 0.0890. The summed E-state index contributed by atoms with van der Waals surface area (Å²) in [6, 6.07) is 5.67. The second-order valence-electron chi connectivity index (χ2n) is 5.35. The molecular weight excluding hydrogens is 230 g/mol. The first kappa shape index (κ1) is 12.5. The molecule has 0 heterocycles. The van der Waals surface area contributed by atoms with Crippen LogP contribution < -0.4 is 5.32 Å². The molecule has 1 aromatic carbocycles. The van der Waals surface area contributed by atoms with E-state index < -0.39 is 0 Å². The van der Waals surface area contributed by atoms with Crippen LogP contribution in [0.25, 0.3) is 0 Å². The Balaban J connectivity index is 2.01. The summed E-state index contributed by atoms with van der Waals surface area (Å²) >= 11 is 4.27. The summed E-state index contributed by atoms with van der Waals surface area (Å²) in [5, 5.41) is 3.04. The van der Waals surface area contributed by atoms with Crippen molar-refractivity contribution in [1.29, 1.82) is 0 Å². The first-order chi connectivity index (χ1) is 8.00. The highest BCUT2D eigenvalue weighted by atomic mass is 32.1. The van der Waals surface area contributed by atoms with E-state index in [1.807, 2.05) is 25.1 Å². The van der Waals surface area contributed by atoms with Gasteiger partial charge in [-0.05, 0) is 42.9 Å². The number of benzene rings is 1. The third-order valence-electron chi connectivity index (χ3n) is 3.70. The summed E-state index contributed by atoms with van der Waals surface area (Å²) in [5.74, 6) is 0.0199. The summed E-state index contributed by atoms with van der Waals surface area (Å²) in [6.07, 6.45) is 3.73. The van der Waals surface area contributed by atoms with E-state index in [0.29, 0.717) is 5.41 Å².